The fourth-order valence-electron chi connectivity index (χ4n) is 2.23. The van der Waals surface area contributed by atoms with Crippen molar-refractivity contribution in [3.8, 4) is 11.3 Å². The Balaban J connectivity index is 1.71. The highest BCUT2D eigenvalue weighted by atomic mass is 19.1. The summed E-state index contributed by atoms with van der Waals surface area (Å²) in [6.07, 6.45) is 0. The molecule has 0 bridgehead atoms. The molecule has 0 fully saturated rings. The van der Waals surface area contributed by atoms with Gasteiger partial charge in [-0.1, -0.05) is 47.6 Å². The van der Waals surface area contributed by atoms with Crippen LogP contribution in [0.3, 0.4) is 0 Å². The molecule has 0 aliphatic rings. The number of nitrogens with one attached hydrogen (secondary N) is 1. The van der Waals surface area contributed by atoms with Crippen molar-refractivity contribution in [1.29, 1.82) is 0 Å². The summed E-state index contributed by atoms with van der Waals surface area (Å²) >= 11 is 0. The normalized spacial score (nSPS) is 11.9. The van der Waals surface area contributed by atoms with Crippen LogP contribution in [0.1, 0.15) is 29.0 Å². The Morgan fingerprint density at radius 2 is 1.83 bits per heavy atom. The third-order valence-corrected chi connectivity index (χ3v) is 3.52. The summed E-state index contributed by atoms with van der Waals surface area (Å²) in [5.41, 5.74) is 1.87. The number of aromatic nitrogens is 1. The van der Waals surface area contributed by atoms with Gasteiger partial charge in [0.15, 0.2) is 11.5 Å². The zero-order valence-electron chi connectivity index (χ0n) is 12.5. The number of rotatable bonds is 4. The van der Waals surface area contributed by atoms with Gasteiger partial charge in [-0.3, -0.25) is 4.79 Å². The van der Waals surface area contributed by atoms with E-state index in [2.05, 4.69) is 10.5 Å². The first-order chi connectivity index (χ1) is 11.1. The molecule has 2 aromatic carbocycles. The largest absolute Gasteiger partial charge is 0.355 e. The molecule has 0 saturated carbocycles. The van der Waals surface area contributed by atoms with E-state index in [1.165, 1.54) is 12.1 Å². The number of carbonyl (C=O) groups is 1. The van der Waals surface area contributed by atoms with Gasteiger partial charge >= 0.3 is 0 Å². The van der Waals surface area contributed by atoms with Gasteiger partial charge in [-0.2, -0.15) is 0 Å². The van der Waals surface area contributed by atoms with Crippen LogP contribution < -0.4 is 5.32 Å². The molecule has 3 aromatic rings. The highest BCUT2D eigenvalue weighted by Gasteiger charge is 2.16. The van der Waals surface area contributed by atoms with E-state index < -0.39 is 0 Å². The first-order valence-corrected chi connectivity index (χ1v) is 7.22. The highest BCUT2D eigenvalue weighted by Crippen LogP contribution is 2.20. The molecule has 1 amide bonds. The van der Waals surface area contributed by atoms with Crippen molar-refractivity contribution >= 4 is 5.91 Å². The van der Waals surface area contributed by atoms with Gasteiger partial charge in [-0.25, -0.2) is 4.39 Å². The third-order valence-electron chi connectivity index (χ3n) is 3.52. The summed E-state index contributed by atoms with van der Waals surface area (Å²) in [6.45, 7) is 1.82. The van der Waals surface area contributed by atoms with Crippen LogP contribution in [0.2, 0.25) is 0 Å². The van der Waals surface area contributed by atoms with Crippen molar-refractivity contribution in [2.24, 2.45) is 0 Å². The molecule has 0 unspecified atom stereocenters. The fraction of sp³-hybridized carbons (Fsp3) is 0.111. The molecular formula is C18H15FN2O2. The molecule has 0 spiro atoms. The topological polar surface area (TPSA) is 55.1 Å². The second-order valence-electron chi connectivity index (χ2n) is 5.19. The smallest absolute Gasteiger partial charge is 0.273 e. The first kappa shape index (κ1) is 15.0. The van der Waals surface area contributed by atoms with Crippen LogP contribution >= 0.6 is 0 Å². The fourth-order valence-corrected chi connectivity index (χ4v) is 2.23. The second-order valence-corrected chi connectivity index (χ2v) is 5.19. The van der Waals surface area contributed by atoms with E-state index >= 15 is 0 Å². The predicted molar refractivity (Wildman–Crippen MR) is 84.2 cm³/mol. The average Bonchev–Trinajstić information content (AvgIpc) is 3.06. The summed E-state index contributed by atoms with van der Waals surface area (Å²) in [5, 5.41) is 6.62. The van der Waals surface area contributed by atoms with Crippen LogP contribution in [0.25, 0.3) is 11.3 Å². The number of hydrogen-bond acceptors (Lipinski definition) is 3. The maximum absolute atomic E-state index is 12.9. The zero-order chi connectivity index (χ0) is 16.2. The minimum Gasteiger partial charge on any atom is -0.355 e. The molecule has 5 heteroatoms. The molecule has 0 aliphatic carbocycles. The molecule has 1 atom stereocenters. The van der Waals surface area contributed by atoms with Crippen molar-refractivity contribution in [1.82, 2.24) is 10.5 Å². The molecule has 1 heterocycles. The lowest BCUT2D eigenvalue weighted by atomic mass is 10.1. The average molecular weight is 310 g/mol. The van der Waals surface area contributed by atoms with E-state index in [4.69, 9.17) is 4.52 Å². The molecule has 1 N–H and O–H groups in total. The Labute approximate surface area is 132 Å². The predicted octanol–water partition coefficient (Wildman–Crippen LogP) is 3.97. The summed E-state index contributed by atoms with van der Waals surface area (Å²) in [6, 6.07) is 16.8. The Kier molecular flexibility index (Phi) is 4.19. The Morgan fingerprint density at radius 1 is 1.13 bits per heavy atom. The van der Waals surface area contributed by atoms with E-state index in [1.54, 1.807) is 18.2 Å². The van der Waals surface area contributed by atoms with Crippen molar-refractivity contribution in [2.75, 3.05) is 0 Å². The lowest BCUT2D eigenvalue weighted by Crippen LogP contribution is -2.26. The van der Waals surface area contributed by atoms with Crippen LogP contribution in [-0.2, 0) is 0 Å². The summed E-state index contributed by atoms with van der Waals surface area (Å²) in [7, 11) is 0. The number of hydrogen-bond donors (Lipinski definition) is 1. The van der Waals surface area contributed by atoms with Gasteiger partial charge in [0.25, 0.3) is 5.91 Å². The number of amides is 1. The minimum absolute atomic E-state index is 0.206. The van der Waals surface area contributed by atoms with Gasteiger partial charge in [-0.05, 0) is 24.6 Å². The standard InChI is InChI=1S/C18H15FN2O2/c1-12(13-7-9-15(19)10-8-13)20-18(22)16-11-17(23-21-16)14-5-3-2-4-6-14/h2-12H,1H3,(H,20,22)/t12-/m0/s1. The highest BCUT2D eigenvalue weighted by molar-refractivity contribution is 5.93. The van der Waals surface area contributed by atoms with Crippen molar-refractivity contribution in [3.05, 3.63) is 77.7 Å². The van der Waals surface area contributed by atoms with Crippen LogP contribution in [0, 0.1) is 5.82 Å². The lowest BCUT2D eigenvalue weighted by Gasteiger charge is -2.12. The first-order valence-electron chi connectivity index (χ1n) is 7.22. The van der Waals surface area contributed by atoms with Gasteiger partial charge in [0, 0.05) is 11.6 Å². The van der Waals surface area contributed by atoms with Gasteiger partial charge in [0.2, 0.25) is 0 Å². The Morgan fingerprint density at radius 3 is 2.52 bits per heavy atom. The number of benzene rings is 2. The number of halogens is 1. The Bertz CT molecular complexity index is 797. The van der Waals surface area contributed by atoms with Gasteiger partial charge in [0.1, 0.15) is 5.82 Å². The summed E-state index contributed by atoms with van der Waals surface area (Å²) in [5.74, 6) is -0.116. The lowest BCUT2D eigenvalue weighted by molar-refractivity contribution is 0.0931. The Hall–Kier alpha value is -2.95. The molecule has 0 aliphatic heterocycles. The van der Waals surface area contributed by atoms with Gasteiger partial charge in [-0.15, -0.1) is 0 Å². The van der Waals surface area contributed by atoms with E-state index in [0.29, 0.717) is 5.76 Å². The van der Waals surface area contributed by atoms with E-state index in [1.807, 2.05) is 37.3 Å². The van der Waals surface area contributed by atoms with Gasteiger partial charge < -0.3 is 9.84 Å². The maximum atomic E-state index is 12.9. The number of carbonyl (C=O) groups excluding carboxylic acids is 1. The molecule has 3 rings (SSSR count). The summed E-state index contributed by atoms with van der Waals surface area (Å²) < 4.78 is 18.1. The van der Waals surface area contributed by atoms with Crippen LogP contribution in [0.15, 0.2) is 65.2 Å². The molecule has 116 valence electrons. The number of nitrogens with zero attached hydrogens (tertiary/aromatic N) is 1. The SMILES string of the molecule is C[C@H](NC(=O)c1cc(-c2ccccc2)on1)c1ccc(F)cc1. The molecule has 0 saturated heterocycles. The summed E-state index contributed by atoms with van der Waals surface area (Å²) in [4.78, 5) is 12.2. The minimum atomic E-state index is -0.340. The molecule has 1 aromatic heterocycles. The van der Waals surface area contributed by atoms with Crippen LogP contribution in [0.4, 0.5) is 4.39 Å². The quantitative estimate of drug-likeness (QED) is 0.793. The molecule has 23 heavy (non-hydrogen) atoms. The van der Waals surface area contributed by atoms with E-state index in [-0.39, 0.29) is 23.5 Å². The van der Waals surface area contributed by atoms with E-state index in [9.17, 15) is 9.18 Å². The molecular weight excluding hydrogens is 295 g/mol. The monoisotopic (exact) mass is 310 g/mol. The van der Waals surface area contributed by atoms with Gasteiger partial charge in [0.05, 0.1) is 6.04 Å². The van der Waals surface area contributed by atoms with Crippen molar-refractivity contribution in [3.63, 3.8) is 0 Å². The third kappa shape index (κ3) is 3.45. The van der Waals surface area contributed by atoms with Crippen LogP contribution in [-0.4, -0.2) is 11.1 Å². The molecule has 4 nitrogen and oxygen atoms in total. The van der Waals surface area contributed by atoms with Crippen molar-refractivity contribution in [2.45, 2.75) is 13.0 Å². The maximum Gasteiger partial charge on any atom is 0.273 e. The molecule has 0 radical (unpaired) electrons. The zero-order valence-corrected chi connectivity index (χ0v) is 12.5. The van der Waals surface area contributed by atoms with Crippen LogP contribution in [0.5, 0.6) is 0 Å². The second kappa shape index (κ2) is 6.44. The van der Waals surface area contributed by atoms with Crippen molar-refractivity contribution < 1.29 is 13.7 Å². The van der Waals surface area contributed by atoms with E-state index in [0.717, 1.165) is 11.1 Å².